The van der Waals surface area contributed by atoms with Crippen molar-refractivity contribution >= 4 is 23.0 Å². The van der Waals surface area contributed by atoms with E-state index in [-0.39, 0.29) is 5.92 Å². The molecule has 0 aromatic heterocycles. The molecule has 0 saturated heterocycles. The van der Waals surface area contributed by atoms with Crippen molar-refractivity contribution in [1.29, 1.82) is 0 Å². The minimum atomic E-state index is -0.913. The molecule has 0 spiro atoms. The van der Waals surface area contributed by atoms with E-state index in [4.69, 9.17) is 22.4 Å². The van der Waals surface area contributed by atoms with Crippen LogP contribution in [0.1, 0.15) is 27.2 Å². The van der Waals surface area contributed by atoms with Gasteiger partial charge in [-0.25, -0.2) is 4.79 Å². The third-order valence-electron chi connectivity index (χ3n) is 1.80. The molecule has 0 aliphatic heterocycles. The van der Waals surface area contributed by atoms with Crippen molar-refractivity contribution in [2.45, 2.75) is 33.2 Å². The molecule has 2 atom stereocenters. The number of rotatable bonds is 4. The van der Waals surface area contributed by atoms with E-state index >= 15 is 0 Å². The zero-order valence-electron chi connectivity index (χ0n) is 9.20. The fourth-order valence-corrected chi connectivity index (χ4v) is 0.720. The van der Waals surface area contributed by atoms with Crippen LogP contribution in [0.25, 0.3) is 0 Å². The molecule has 0 aliphatic carbocycles. The minimum absolute atomic E-state index is 0.0718. The first-order valence-corrected chi connectivity index (χ1v) is 5.05. The van der Waals surface area contributed by atoms with Crippen molar-refractivity contribution in [1.82, 2.24) is 0 Å². The van der Waals surface area contributed by atoms with Gasteiger partial charge in [0.25, 0.3) is 0 Å². The lowest BCUT2D eigenvalue weighted by Gasteiger charge is -2.11. The summed E-state index contributed by atoms with van der Waals surface area (Å²) in [5.74, 6) is -0.841. The van der Waals surface area contributed by atoms with E-state index < -0.39 is 17.4 Å². The number of aliphatic carboxylic acids is 1. The van der Waals surface area contributed by atoms with Crippen LogP contribution in [0, 0.1) is 5.92 Å². The van der Waals surface area contributed by atoms with Gasteiger partial charge in [0.2, 0.25) is 0 Å². The molecule has 0 radical (unpaired) electrons. The van der Waals surface area contributed by atoms with Gasteiger partial charge in [0.1, 0.15) is 6.04 Å². The van der Waals surface area contributed by atoms with E-state index in [0.29, 0.717) is 6.61 Å². The Morgan fingerprint density at radius 1 is 1.47 bits per heavy atom. The Morgan fingerprint density at radius 2 is 1.93 bits per heavy atom. The first kappa shape index (κ1) is 16.6. The molecule has 15 heavy (non-hydrogen) atoms. The summed E-state index contributed by atoms with van der Waals surface area (Å²) in [6, 6.07) is -0.699. The first-order valence-electron chi connectivity index (χ1n) is 4.67. The van der Waals surface area contributed by atoms with E-state index in [1.165, 1.54) is 0 Å². The highest BCUT2D eigenvalue weighted by Crippen LogP contribution is 2.04. The fraction of sp³-hybridized carbons (Fsp3) is 0.778. The maximum Gasteiger partial charge on any atom is 0.403 e. The topological polar surface area (TPSA) is 89.6 Å². The van der Waals surface area contributed by atoms with Crippen LogP contribution < -0.4 is 5.73 Å². The third kappa shape index (κ3) is 11.1. The van der Waals surface area contributed by atoms with Crippen molar-refractivity contribution in [3.8, 4) is 0 Å². The summed E-state index contributed by atoms with van der Waals surface area (Å²) < 4.78 is 4.17. The molecular weight excluding hydrogens is 222 g/mol. The Hall–Kier alpha value is -0.810. The smallest absolute Gasteiger partial charge is 0.403 e. The van der Waals surface area contributed by atoms with Crippen LogP contribution in [0.3, 0.4) is 0 Å². The maximum absolute atomic E-state index is 10.2. The van der Waals surface area contributed by atoms with E-state index in [1.54, 1.807) is 6.92 Å². The molecule has 0 aromatic rings. The van der Waals surface area contributed by atoms with Crippen molar-refractivity contribution in [2.75, 3.05) is 6.61 Å². The lowest BCUT2D eigenvalue weighted by molar-refractivity contribution is -0.139. The molecule has 0 aromatic carbocycles. The number of nitrogens with two attached hydrogens (primary N) is 1. The largest absolute Gasteiger partial charge is 0.480 e. The molecule has 5 nitrogen and oxygen atoms in total. The van der Waals surface area contributed by atoms with Gasteiger partial charge >= 0.3 is 11.4 Å². The fourth-order valence-electron chi connectivity index (χ4n) is 0.611. The van der Waals surface area contributed by atoms with Crippen LogP contribution in [0.4, 0.5) is 4.79 Å². The Labute approximate surface area is 94.5 Å². The monoisotopic (exact) mass is 239 g/mol. The summed E-state index contributed by atoms with van der Waals surface area (Å²) >= 11 is 4.72. The molecule has 0 heterocycles. The van der Waals surface area contributed by atoms with E-state index in [1.807, 2.05) is 13.8 Å². The Kier molecular flexibility index (Phi) is 10.8. The molecule has 0 bridgehead atoms. The van der Waals surface area contributed by atoms with Crippen LogP contribution in [0.2, 0.25) is 0 Å². The Bertz CT molecular complexity index is 199. The summed E-state index contributed by atoms with van der Waals surface area (Å²) in [5.41, 5.74) is 4.53. The summed E-state index contributed by atoms with van der Waals surface area (Å²) in [5, 5.41) is 8.36. The number of halogens is 1. The van der Waals surface area contributed by atoms with Gasteiger partial charge < -0.3 is 15.6 Å². The molecule has 90 valence electrons. The van der Waals surface area contributed by atoms with Gasteiger partial charge in [-0.2, -0.15) is 0 Å². The zero-order chi connectivity index (χ0) is 12.4. The van der Waals surface area contributed by atoms with Crippen molar-refractivity contribution in [3.05, 3.63) is 0 Å². The number of hydrogen-bond donors (Lipinski definition) is 2. The van der Waals surface area contributed by atoms with Crippen LogP contribution >= 0.6 is 11.6 Å². The molecule has 0 aliphatic rings. The summed E-state index contributed by atoms with van der Waals surface area (Å²) in [6.45, 7) is 5.80. The number of carbonyl (C=O) groups is 2. The summed E-state index contributed by atoms with van der Waals surface area (Å²) in [7, 11) is 0. The Morgan fingerprint density at radius 3 is 2.00 bits per heavy atom. The van der Waals surface area contributed by atoms with E-state index in [0.717, 1.165) is 6.42 Å². The number of carboxylic acid groups (broad SMARTS) is 1. The van der Waals surface area contributed by atoms with Crippen LogP contribution in [0.5, 0.6) is 0 Å². The molecule has 6 heteroatoms. The lowest BCUT2D eigenvalue weighted by Crippen LogP contribution is -2.36. The second-order valence-electron chi connectivity index (χ2n) is 2.92. The second-order valence-corrected chi connectivity index (χ2v) is 3.23. The van der Waals surface area contributed by atoms with Gasteiger partial charge in [-0.15, -0.1) is 0 Å². The van der Waals surface area contributed by atoms with Crippen LogP contribution in [-0.2, 0) is 9.53 Å². The van der Waals surface area contributed by atoms with Gasteiger partial charge in [-0.05, 0) is 12.8 Å². The molecule has 0 unspecified atom stereocenters. The third-order valence-corrected chi connectivity index (χ3v) is 1.91. The minimum Gasteiger partial charge on any atom is -0.480 e. The van der Waals surface area contributed by atoms with E-state index in [2.05, 4.69) is 4.74 Å². The number of hydrogen-bond acceptors (Lipinski definition) is 4. The molecular formula is C9H18ClNO4. The van der Waals surface area contributed by atoms with Crippen molar-refractivity contribution in [3.63, 3.8) is 0 Å². The molecule has 0 saturated carbocycles. The van der Waals surface area contributed by atoms with Crippen LogP contribution in [-0.4, -0.2) is 29.2 Å². The van der Waals surface area contributed by atoms with Crippen LogP contribution in [0.15, 0.2) is 0 Å². The van der Waals surface area contributed by atoms with Crippen molar-refractivity contribution in [2.24, 2.45) is 11.7 Å². The van der Waals surface area contributed by atoms with Gasteiger partial charge in [0, 0.05) is 11.6 Å². The highest BCUT2D eigenvalue weighted by molar-refractivity contribution is 6.61. The average molecular weight is 240 g/mol. The quantitative estimate of drug-likeness (QED) is 0.731. The molecule has 0 fully saturated rings. The zero-order valence-corrected chi connectivity index (χ0v) is 9.95. The summed E-state index contributed by atoms with van der Waals surface area (Å²) in [6.07, 6.45) is 0.813. The highest BCUT2D eigenvalue weighted by Gasteiger charge is 2.17. The predicted octanol–water partition coefficient (Wildman–Crippen LogP) is 1.83. The molecule has 0 rings (SSSR count). The summed E-state index contributed by atoms with van der Waals surface area (Å²) in [4.78, 5) is 19.8. The van der Waals surface area contributed by atoms with Gasteiger partial charge in [-0.1, -0.05) is 20.3 Å². The average Bonchev–Trinajstić information content (AvgIpc) is 2.16. The first-order chi connectivity index (χ1) is 6.86. The number of carbonyl (C=O) groups excluding carboxylic acids is 1. The molecule has 0 amide bonds. The molecule has 3 N–H and O–H groups in total. The second kappa shape index (κ2) is 9.73. The Balaban J connectivity index is 0. The standard InChI is InChI=1S/C6H13NO2.C3H5ClO2/c1-3-4(2)5(7)6(8)9;1-2-6-3(4)5/h4-5H,3,7H2,1-2H3,(H,8,9);2H2,1H3/t4-,5-;/m0./s1. The van der Waals surface area contributed by atoms with Crippen molar-refractivity contribution < 1.29 is 19.4 Å². The van der Waals surface area contributed by atoms with Gasteiger partial charge in [0.05, 0.1) is 6.61 Å². The maximum atomic E-state index is 10.2. The lowest BCUT2D eigenvalue weighted by atomic mass is 10.0. The normalized spacial score (nSPS) is 13.1. The van der Waals surface area contributed by atoms with E-state index in [9.17, 15) is 9.59 Å². The van der Waals surface area contributed by atoms with Gasteiger partial charge in [0.15, 0.2) is 0 Å². The number of ether oxygens (including phenoxy) is 1. The van der Waals surface area contributed by atoms with Gasteiger partial charge in [-0.3, -0.25) is 4.79 Å². The SMILES string of the molecule is CCOC(=O)Cl.CC[C@H](C)[C@H](N)C(=O)O. The highest BCUT2D eigenvalue weighted by atomic mass is 35.5. The number of carboxylic acids is 1. The predicted molar refractivity (Wildman–Crippen MR) is 57.9 cm³/mol.